The first-order valence-electron chi connectivity index (χ1n) is 9.15. The first kappa shape index (κ1) is 21.1. The molecule has 0 saturated heterocycles. The highest BCUT2D eigenvalue weighted by Gasteiger charge is 2.46. The fraction of sp³-hybridized carbons (Fsp3) is 0.286. The van der Waals surface area contributed by atoms with Gasteiger partial charge in [0.25, 0.3) is 0 Å². The lowest BCUT2D eigenvalue weighted by Gasteiger charge is -2.40. The number of aromatic nitrogens is 1. The fourth-order valence-electron chi connectivity index (χ4n) is 3.35. The van der Waals surface area contributed by atoms with Gasteiger partial charge in [0, 0.05) is 11.3 Å². The molecule has 0 aliphatic carbocycles. The van der Waals surface area contributed by atoms with Crippen LogP contribution in [-0.2, 0) is 15.1 Å². The van der Waals surface area contributed by atoms with Crippen LogP contribution in [0.4, 0.5) is 4.39 Å². The topological polar surface area (TPSA) is 81.5 Å². The minimum Gasteiger partial charge on any atom is -0.435 e. The highest BCUT2D eigenvalue weighted by Crippen LogP contribution is 2.46. The second kappa shape index (κ2) is 6.93. The van der Waals surface area contributed by atoms with Gasteiger partial charge in [0.15, 0.2) is 5.76 Å². The van der Waals surface area contributed by atoms with Crippen LogP contribution in [0.2, 0.25) is 5.02 Å². The van der Waals surface area contributed by atoms with Crippen LogP contribution in [0, 0.1) is 5.82 Å². The van der Waals surface area contributed by atoms with Gasteiger partial charge >= 0.3 is 0 Å². The highest BCUT2D eigenvalue weighted by atomic mass is 35.5. The molecule has 0 radical (unpaired) electrons. The third-order valence-electron chi connectivity index (χ3n) is 5.44. The Morgan fingerprint density at radius 1 is 1.30 bits per heavy atom. The lowest BCUT2D eigenvalue weighted by molar-refractivity contribution is 0.543. The van der Waals surface area contributed by atoms with Crippen LogP contribution in [-0.4, -0.2) is 31.4 Å². The Morgan fingerprint density at radius 3 is 2.60 bits per heavy atom. The molecule has 0 amide bonds. The van der Waals surface area contributed by atoms with E-state index in [9.17, 15) is 8.60 Å². The maximum atomic E-state index is 13.3. The molecule has 5 nitrogen and oxygen atoms in total. The number of hydrogen-bond donors (Lipinski definition) is 1. The predicted molar refractivity (Wildman–Crippen MR) is 123 cm³/mol. The monoisotopic (exact) mass is 465 g/mol. The number of hydrogen-bond acceptors (Lipinski definition) is 6. The number of thiophene rings is 1. The Bertz CT molecular complexity index is 1260. The molecule has 2 aromatic heterocycles. The molecule has 30 heavy (non-hydrogen) atoms. The van der Waals surface area contributed by atoms with E-state index in [0.29, 0.717) is 28.1 Å². The summed E-state index contributed by atoms with van der Waals surface area (Å²) in [7, 11) is -2.55. The van der Waals surface area contributed by atoms with Crippen molar-refractivity contribution in [1.82, 2.24) is 4.98 Å². The van der Waals surface area contributed by atoms with Gasteiger partial charge in [-0.05, 0) is 66.5 Å². The van der Waals surface area contributed by atoms with Crippen molar-refractivity contribution in [2.75, 3.05) is 5.75 Å². The lowest BCUT2D eigenvalue weighted by Crippen LogP contribution is -2.54. The van der Waals surface area contributed by atoms with Crippen molar-refractivity contribution in [2.45, 2.75) is 31.1 Å². The van der Waals surface area contributed by atoms with E-state index in [1.807, 2.05) is 6.92 Å². The summed E-state index contributed by atoms with van der Waals surface area (Å²) >= 11 is 7.94. The van der Waals surface area contributed by atoms with Crippen LogP contribution < -0.4 is 5.73 Å². The second-order valence-electron chi connectivity index (χ2n) is 8.06. The molecule has 0 bridgehead atoms. The lowest BCUT2D eigenvalue weighted by atomic mass is 10.0. The van der Waals surface area contributed by atoms with Gasteiger partial charge in [-0.2, -0.15) is 0 Å². The van der Waals surface area contributed by atoms with E-state index in [2.05, 4.69) is 15.8 Å². The van der Waals surface area contributed by atoms with Crippen LogP contribution >= 0.6 is 22.9 Å². The zero-order chi connectivity index (χ0) is 21.9. The third-order valence-corrected chi connectivity index (χ3v) is 10.4. The number of halogens is 2. The van der Waals surface area contributed by atoms with Crippen LogP contribution in [0.1, 0.15) is 25.6 Å². The number of nitrogens with two attached hydrogens (primary N) is 1. The van der Waals surface area contributed by atoms with Gasteiger partial charge in [0.1, 0.15) is 17.2 Å². The number of nitrogens with zero attached hydrogens (tertiary/aromatic N) is 2. The summed E-state index contributed by atoms with van der Waals surface area (Å²) in [6, 6.07) is 7.68. The molecule has 3 aromatic rings. The van der Waals surface area contributed by atoms with Crippen molar-refractivity contribution in [3.05, 3.63) is 52.2 Å². The maximum Gasteiger partial charge on any atom is 0.226 e. The molecule has 2 N–H and O–H groups in total. The fourth-order valence-corrected chi connectivity index (χ4v) is 6.92. The first-order chi connectivity index (χ1) is 13.9. The molecule has 158 valence electrons. The summed E-state index contributed by atoms with van der Waals surface area (Å²) in [6.07, 6.45) is 1.60. The molecule has 0 fully saturated rings. The molecule has 4 rings (SSSR count). The summed E-state index contributed by atoms with van der Waals surface area (Å²) in [4.78, 5) is 10.5. The number of oxazole rings is 1. The van der Waals surface area contributed by atoms with Crippen molar-refractivity contribution in [3.8, 4) is 22.1 Å². The minimum atomic E-state index is -2.55. The molecule has 1 unspecified atom stereocenters. The Hall–Kier alpha value is -2.16. The summed E-state index contributed by atoms with van der Waals surface area (Å²) in [5.41, 5.74) is 6.00. The Morgan fingerprint density at radius 2 is 1.97 bits per heavy atom. The van der Waals surface area contributed by atoms with E-state index in [1.54, 1.807) is 38.2 Å². The summed E-state index contributed by atoms with van der Waals surface area (Å²) in [5.74, 6) is 5.09. The van der Waals surface area contributed by atoms with Crippen molar-refractivity contribution in [2.24, 2.45) is 10.7 Å². The molecule has 0 spiro atoms. The summed E-state index contributed by atoms with van der Waals surface area (Å²) < 4.78 is 31.5. The van der Waals surface area contributed by atoms with Crippen LogP contribution in [0.15, 0.2) is 45.9 Å². The van der Waals surface area contributed by atoms with Crippen molar-refractivity contribution >= 4 is 44.2 Å². The zero-order valence-electron chi connectivity index (χ0n) is 16.7. The van der Waals surface area contributed by atoms with Gasteiger partial charge in [-0.15, -0.1) is 11.3 Å². The average molecular weight is 466 g/mol. The van der Waals surface area contributed by atoms with Gasteiger partial charge in [0.2, 0.25) is 5.89 Å². The largest absolute Gasteiger partial charge is 0.435 e. The third kappa shape index (κ3) is 3.36. The first-order valence-corrected chi connectivity index (χ1v) is 12.2. The average Bonchev–Trinajstić information content (AvgIpc) is 3.27. The molecule has 9 heteroatoms. The normalized spacial score (nSPS) is 25.8. The van der Waals surface area contributed by atoms with Crippen LogP contribution in [0.3, 0.4) is 0 Å². The standard InChI is InChI=1S/C21H21ClFN3O2S2/c1-20(2)19(24)26-21(3,11-30(20,4)27)17-14(22)9-16(29-17)15-10-25-18(28-15)12-5-7-13(23)8-6-12/h5-10H,4,11H2,1-3H3,(H2,24,26)/t21-,30?/m0/s1. The van der Waals surface area contributed by atoms with Crippen LogP contribution in [0.25, 0.3) is 22.1 Å². The number of rotatable bonds is 3. The van der Waals surface area contributed by atoms with E-state index in [4.69, 9.17) is 21.8 Å². The SMILES string of the molecule is C=S1(=O)C[C@@](C)(c2sc(-c3cnc(-c4ccc(F)cc4)o3)cc2Cl)N=C(N)C1(C)C. The van der Waals surface area contributed by atoms with E-state index in [1.165, 1.54) is 23.5 Å². The Balaban J connectivity index is 1.73. The van der Waals surface area contributed by atoms with Gasteiger partial charge < -0.3 is 10.2 Å². The molecular weight excluding hydrogens is 445 g/mol. The van der Waals surface area contributed by atoms with E-state index in [-0.39, 0.29) is 11.6 Å². The molecule has 1 aliphatic rings. The van der Waals surface area contributed by atoms with Crippen molar-refractivity contribution in [1.29, 1.82) is 0 Å². The van der Waals surface area contributed by atoms with Crippen molar-refractivity contribution in [3.63, 3.8) is 0 Å². The Kier molecular flexibility index (Phi) is 4.87. The van der Waals surface area contributed by atoms with Gasteiger partial charge in [-0.3, -0.25) is 9.20 Å². The van der Waals surface area contributed by atoms with Gasteiger partial charge in [0.05, 0.1) is 25.7 Å². The number of amidine groups is 1. The van der Waals surface area contributed by atoms with E-state index < -0.39 is 19.8 Å². The number of aliphatic imine (C=N–C) groups is 1. The Labute approximate surface area is 183 Å². The maximum absolute atomic E-state index is 13.3. The summed E-state index contributed by atoms with van der Waals surface area (Å²) in [6.45, 7) is 5.47. The molecule has 1 aliphatic heterocycles. The molecule has 2 atom stereocenters. The van der Waals surface area contributed by atoms with Crippen LogP contribution in [0.5, 0.6) is 0 Å². The molecule has 1 aromatic carbocycles. The minimum absolute atomic E-state index is 0.241. The molecular formula is C21H21ClFN3O2S2. The van der Waals surface area contributed by atoms with Gasteiger partial charge in [-0.1, -0.05) is 11.6 Å². The molecule has 0 saturated carbocycles. The highest BCUT2D eigenvalue weighted by molar-refractivity contribution is 8.02. The van der Waals surface area contributed by atoms with Gasteiger partial charge in [-0.25, -0.2) is 9.37 Å². The number of benzene rings is 1. The van der Waals surface area contributed by atoms with E-state index in [0.717, 1.165) is 9.75 Å². The zero-order valence-corrected chi connectivity index (χ0v) is 19.1. The summed E-state index contributed by atoms with van der Waals surface area (Å²) in [5, 5.41) is 0.490. The quantitative estimate of drug-likeness (QED) is 0.555. The van der Waals surface area contributed by atoms with E-state index >= 15 is 0 Å². The van der Waals surface area contributed by atoms with Crippen molar-refractivity contribution < 1.29 is 13.0 Å². The second-order valence-corrected chi connectivity index (χ2v) is 12.5. The molecule has 3 heterocycles. The smallest absolute Gasteiger partial charge is 0.226 e. The predicted octanol–water partition coefficient (Wildman–Crippen LogP) is 4.94.